The van der Waals surface area contributed by atoms with Crippen LogP contribution in [0.25, 0.3) is 0 Å². The van der Waals surface area contributed by atoms with E-state index >= 15 is 0 Å². The average molecular weight is 193 g/mol. The fourth-order valence-corrected chi connectivity index (χ4v) is 1.48. The lowest BCUT2D eigenvalue weighted by Crippen LogP contribution is -1.80. The van der Waals surface area contributed by atoms with E-state index in [0.717, 1.165) is 12.8 Å². The molecule has 0 N–H and O–H groups in total. The lowest BCUT2D eigenvalue weighted by molar-refractivity contribution is 0.597. The third-order valence-corrected chi connectivity index (χ3v) is 2.35. The Labute approximate surface area is 90.5 Å². The van der Waals surface area contributed by atoms with Crippen LogP contribution >= 0.6 is 0 Å². The second-order valence-corrected chi connectivity index (χ2v) is 3.78. The Morgan fingerprint density at radius 1 is 0.857 bits per heavy atom. The van der Waals surface area contributed by atoms with Crippen LogP contribution in [0, 0.1) is 18.3 Å². The predicted octanol–water partition coefficient (Wildman–Crippen LogP) is 4.74. The zero-order valence-corrected chi connectivity index (χ0v) is 9.94. The van der Waals surface area contributed by atoms with Gasteiger partial charge in [-0.1, -0.05) is 52.4 Å². The molecule has 0 aromatic carbocycles. The second-order valence-electron chi connectivity index (χ2n) is 3.78. The van der Waals surface area contributed by atoms with Crippen molar-refractivity contribution in [2.24, 2.45) is 0 Å². The summed E-state index contributed by atoms with van der Waals surface area (Å²) in [5, 5.41) is 0. The molecule has 0 aromatic heterocycles. The Morgan fingerprint density at radius 3 is 2.14 bits per heavy atom. The monoisotopic (exact) mass is 193 g/mol. The van der Waals surface area contributed by atoms with Crippen LogP contribution in [0.1, 0.15) is 71.6 Å². The molecule has 0 heterocycles. The number of hydrogen-bond donors (Lipinski definition) is 0. The Balaban J connectivity index is 2.92. The lowest BCUT2D eigenvalue weighted by Gasteiger charge is -1.98. The molecular weight excluding hydrogens is 168 g/mol. The van der Waals surface area contributed by atoms with Crippen molar-refractivity contribution >= 4 is 0 Å². The lowest BCUT2D eigenvalue weighted by atomic mass is 10.1. The maximum Gasteiger partial charge on any atom is 0.00886 e. The summed E-state index contributed by atoms with van der Waals surface area (Å²) in [7, 11) is 0. The minimum atomic E-state index is 1.01. The Bertz CT molecular complexity index is 147. The van der Waals surface area contributed by atoms with Gasteiger partial charge in [0.15, 0.2) is 0 Å². The quantitative estimate of drug-likeness (QED) is 0.385. The molecule has 0 aliphatic rings. The van der Waals surface area contributed by atoms with Crippen LogP contribution < -0.4 is 0 Å². The molecule has 0 spiro atoms. The van der Waals surface area contributed by atoms with Crippen molar-refractivity contribution in [2.75, 3.05) is 0 Å². The molecule has 0 fully saturated rings. The highest BCUT2D eigenvalue weighted by Gasteiger charge is 1.89. The molecule has 0 aliphatic heterocycles. The van der Waals surface area contributed by atoms with Gasteiger partial charge in [0.2, 0.25) is 0 Å². The SMILES string of the molecule is C[CH]CCCCCCCCC#CCC. The van der Waals surface area contributed by atoms with Crippen molar-refractivity contribution in [3.8, 4) is 11.8 Å². The molecule has 0 bridgehead atoms. The molecule has 0 unspecified atom stereocenters. The average Bonchev–Trinajstić information content (AvgIpc) is 2.21. The first-order valence-electron chi connectivity index (χ1n) is 6.15. The molecule has 0 heteroatoms. The van der Waals surface area contributed by atoms with Crippen LogP contribution in [0.15, 0.2) is 0 Å². The second kappa shape index (κ2) is 12.6. The molecule has 0 nitrogen and oxygen atoms in total. The van der Waals surface area contributed by atoms with E-state index in [1.54, 1.807) is 0 Å². The van der Waals surface area contributed by atoms with Gasteiger partial charge in [-0.3, -0.25) is 0 Å². The van der Waals surface area contributed by atoms with Crippen molar-refractivity contribution in [2.45, 2.75) is 71.6 Å². The first-order valence-corrected chi connectivity index (χ1v) is 6.15. The van der Waals surface area contributed by atoms with Crippen molar-refractivity contribution < 1.29 is 0 Å². The van der Waals surface area contributed by atoms with Crippen molar-refractivity contribution in [1.29, 1.82) is 0 Å². The minimum absolute atomic E-state index is 1.01. The van der Waals surface area contributed by atoms with Gasteiger partial charge in [0.1, 0.15) is 0 Å². The fraction of sp³-hybridized carbons (Fsp3) is 0.786. The molecule has 1 radical (unpaired) electrons. The molecular formula is C14H25. The van der Waals surface area contributed by atoms with Crippen LogP contribution in [0.3, 0.4) is 0 Å². The number of hydrogen-bond acceptors (Lipinski definition) is 0. The van der Waals surface area contributed by atoms with Crippen molar-refractivity contribution in [3.63, 3.8) is 0 Å². The summed E-state index contributed by atoms with van der Waals surface area (Å²) in [6.45, 7) is 4.25. The standard InChI is InChI=1S/C14H25/c1-3-5-7-9-11-13-14-12-10-8-6-4-2/h3H,4-5,7,9-14H2,1-2H3. The molecule has 81 valence electrons. The van der Waals surface area contributed by atoms with E-state index in [4.69, 9.17) is 0 Å². The van der Waals surface area contributed by atoms with Crippen LogP contribution in [0.2, 0.25) is 0 Å². The minimum Gasteiger partial charge on any atom is -0.104 e. The summed E-state index contributed by atoms with van der Waals surface area (Å²) in [5.74, 6) is 6.30. The fourth-order valence-electron chi connectivity index (χ4n) is 1.48. The van der Waals surface area contributed by atoms with E-state index in [9.17, 15) is 0 Å². The zero-order chi connectivity index (χ0) is 10.5. The first kappa shape index (κ1) is 13.6. The molecule has 0 aromatic rings. The Morgan fingerprint density at radius 2 is 1.50 bits per heavy atom. The van der Waals surface area contributed by atoms with E-state index in [2.05, 4.69) is 32.1 Å². The third kappa shape index (κ3) is 11.6. The van der Waals surface area contributed by atoms with Crippen molar-refractivity contribution in [1.82, 2.24) is 0 Å². The van der Waals surface area contributed by atoms with E-state index < -0.39 is 0 Å². The van der Waals surface area contributed by atoms with E-state index in [1.807, 2.05) is 0 Å². The maximum absolute atomic E-state index is 3.19. The Hall–Kier alpha value is -0.440. The molecule has 0 atom stereocenters. The summed E-state index contributed by atoms with van der Waals surface area (Å²) < 4.78 is 0. The first-order chi connectivity index (χ1) is 6.91. The Kier molecular flexibility index (Phi) is 12.2. The summed E-state index contributed by atoms with van der Waals surface area (Å²) >= 11 is 0. The topological polar surface area (TPSA) is 0 Å². The van der Waals surface area contributed by atoms with Gasteiger partial charge in [0, 0.05) is 12.8 Å². The molecule has 0 rings (SSSR count). The molecule has 0 amide bonds. The maximum atomic E-state index is 3.19. The molecule has 14 heavy (non-hydrogen) atoms. The van der Waals surface area contributed by atoms with Crippen LogP contribution in [-0.2, 0) is 0 Å². The van der Waals surface area contributed by atoms with E-state index in [1.165, 1.54) is 44.9 Å². The van der Waals surface area contributed by atoms with Gasteiger partial charge in [-0.15, -0.1) is 11.8 Å². The van der Waals surface area contributed by atoms with Crippen LogP contribution in [0.5, 0.6) is 0 Å². The highest BCUT2D eigenvalue weighted by Crippen LogP contribution is 2.08. The molecule has 0 saturated carbocycles. The highest BCUT2D eigenvalue weighted by molar-refractivity contribution is 4.97. The largest absolute Gasteiger partial charge is 0.104 e. The van der Waals surface area contributed by atoms with Gasteiger partial charge in [-0.2, -0.15) is 0 Å². The summed E-state index contributed by atoms with van der Waals surface area (Å²) in [6, 6.07) is 0. The van der Waals surface area contributed by atoms with E-state index in [0.29, 0.717) is 0 Å². The van der Waals surface area contributed by atoms with Gasteiger partial charge >= 0.3 is 0 Å². The van der Waals surface area contributed by atoms with Crippen molar-refractivity contribution in [3.05, 3.63) is 6.42 Å². The van der Waals surface area contributed by atoms with Crippen LogP contribution in [-0.4, -0.2) is 0 Å². The summed E-state index contributed by atoms with van der Waals surface area (Å²) in [5.41, 5.74) is 0. The molecule has 0 saturated heterocycles. The molecule has 0 aliphatic carbocycles. The van der Waals surface area contributed by atoms with Gasteiger partial charge in [0.05, 0.1) is 0 Å². The van der Waals surface area contributed by atoms with Gasteiger partial charge in [0.25, 0.3) is 0 Å². The van der Waals surface area contributed by atoms with Gasteiger partial charge < -0.3 is 0 Å². The normalized spacial score (nSPS) is 9.57. The number of rotatable bonds is 8. The van der Waals surface area contributed by atoms with E-state index in [-0.39, 0.29) is 0 Å². The third-order valence-electron chi connectivity index (χ3n) is 2.35. The van der Waals surface area contributed by atoms with Gasteiger partial charge in [-0.05, 0) is 12.8 Å². The van der Waals surface area contributed by atoms with Gasteiger partial charge in [-0.25, -0.2) is 0 Å². The summed E-state index contributed by atoms with van der Waals surface area (Å²) in [6.07, 6.45) is 13.9. The predicted molar refractivity (Wildman–Crippen MR) is 65.0 cm³/mol. The summed E-state index contributed by atoms with van der Waals surface area (Å²) in [4.78, 5) is 0. The smallest absolute Gasteiger partial charge is 0.00886 e. The zero-order valence-electron chi connectivity index (χ0n) is 9.94. The number of unbranched alkanes of at least 4 members (excludes halogenated alkanes) is 8. The van der Waals surface area contributed by atoms with Crippen LogP contribution in [0.4, 0.5) is 0 Å². The highest BCUT2D eigenvalue weighted by atomic mass is 14.0.